The van der Waals surface area contributed by atoms with Gasteiger partial charge in [0.1, 0.15) is 4.90 Å². The van der Waals surface area contributed by atoms with Crippen molar-refractivity contribution >= 4 is 75.9 Å². The molecule has 0 unspecified atom stereocenters. The molecule has 0 aliphatic heterocycles. The van der Waals surface area contributed by atoms with E-state index in [-0.39, 0.29) is 15.5 Å². The summed E-state index contributed by atoms with van der Waals surface area (Å²) < 4.78 is 67.3. The van der Waals surface area contributed by atoms with Crippen LogP contribution < -0.4 is 16.2 Å². The van der Waals surface area contributed by atoms with Crippen LogP contribution in [0.3, 0.4) is 0 Å². The molecule has 0 heterocycles. The molecule has 6 rings (SSSR count). The van der Waals surface area contributed by atoms with E-state index in [2.05, 4.69) is 21.0 Å². The maximum Gasteiger partial charge on any atom is 0.295 e. The Hall–Kier alpha value is -5.18. The van der Waals surface area contributed by atoms with Crippen molar-refractivity contribution in [2.24, 2.45) is 10.2 Å². The summed E-state index contributed by atoms with van der Waals surface area (Å²) in [5, 5.41) is 14.3. The van der Waals surface area contributed by atoms with Gasteiger partial charge in [0.15, 0.2) is 5.69 Å². The molecule has 0 saturated carbocycles. The van der Waals surface area contributed by atoms with E-state index in [4.69, 9.17) is 0 Å². The summed E-state index contributed by atoms with van der Waals surface area (Å²) in [4.78, 5) is -0.490. The molecule has 0 amide bonds. The van der Waals surface area contributed by atoms with Crippen LogP contribution in [0.4, 0.5) is 34.1 Å². The van der Waals surface area contributed by atoms with Crippen molar-refractivity contribution in [1.82, 2.24) is 0 Å². The predicted molar refractivity (Wildman–Crippen MR) is 178 cm³/mol. The highest BCUT2D eigenvalue weighted by Crippen LogP contribution is 2.36. The molecule has 232 valence electrons. The van der Waals surface area contributed by atoms with Gasteiger partial charge in [0.25, 0.3) is 20.2 Å². The minimum Gasteiger partial charge on any atom is -0.355 e. The number of benzene rings is 6. The second-order valence-electron chi connectivity index (χ2n) is 10.5. The van der Waals surface area contributed by atoms with Gasteiger partial charge < -0.3 is 5.32 Å². The van der Waals surface area contributed by atoms with Crippen LogP contribution in [-0.2, 0) is 20.2 Å². The fraction of sp³-hybridized carbons (Fsp3) is 0.0303. The Morgan fingerprint density at radius 3 is 2.09 bits per heavy atom. The Bertz CT molecular complexity index is 2360. The van der Waals surface area contributed by atoms with Gasteiger partial charge in [-0.15, -0.1) is 5.11 Å². The summed E-state index contributed by atoms with van der Waals surface area (Å²) in [5.41, 5.74) is 9.67. The van der Waals surface area contributed by atoms with E-state index in [0.717, 1.165) is 27.7 Å². The molecule has 0 radical (unpaired) electrons. The van der Waals surface area contributed by atoms with Gasteiger partial charge in [0, 0.05) is 39.0 Å². The van der Waals surface area contributed by atoms with Crippen LogP contribution in [0, 0.1) is 6.92 Å². The Kier molecular flexibility index (Phi) is 8.25. The van der Waals surface area contributed by atoms with E-state index in [0.29, 0.717) is 27.8 Å². The van der Waals surface area contributed by atoms with E-state index >= 15 is 0 Å². The molecular formula is C33H28N5O6S2+. The largest absolute Gasteiger partial charge is 0.355 e. The summed E-state index contributed by atoms with van der Waals surface area (Å²) in [7, 11) is -8.92. The van der Waals surface area contributed by atoms with Crippen LogP contribution in [-0.4, -0.2) is 25.9 Å². The Labute approximate surface area is 265 Å². The molecule has 46 heavy (non-hydrogen) atoms. The molecule has 0 atom stereocenters. The first-order chi connectivity index (χ1) is 22.0. The topological polar surface area (TPSA) is 174 Å². The fourth-order valence-corrected chi connectivity index (χ4v) is 6.35. The highest BCUT2D eigenvalue weighted by molar-refractivity contribution is 7.86. The first-order valence-corrected chi connectivity index (χ1v) is 16.8. The molecule has 0 spiro atoms. The molecule has 0 aliphatic carbocycles. The average Bonchev–Trinajstić information content (AvgIpc) is 3.03. The molecule has 13 heteroatoms. The smallest absolute Gasteiger partial charge is 0.295 e. The maximum atomic E-state index is 12.4. The summed E-state index contributed by atoms with van der Waals surface area (Å²) in [5.74, 6) is 0. The van der Waals surface area contributed by atoms with E-state index in [1.807, 2.05) is 67.6 Å². The van der Waals surface area contributed by atoms with Crippen molar-refractivity contribution in [2.75, 3.05) is 10.7 Å². The standard InChI is InChI=1S/C33H27N5O6S2/c1-21-12-14-22(15-13-21)34-31-19-18-30(27-10-5-11-32(33(27)31)46(42,43)44)38-37-29-17-16-28(25-8-2-3-9-26(25)29)36-35-23-6-4-7-24(20-23)45(39,40)41/h2-20,34,37-38H,1H3,(H,39,40,41)(H,42,43,44)/p+1. The van der Waals surface area contributed by atoms with E-state index in [1.54, 1.807) is 35.8 Å². The van der Waals surface area contributed by atoms with Gasteiger partial charge >= 0.3 is 0 Å². The SMILES string of the molecule is Cc1ccc(Nc2ccc([NH2+]Nc3ccc(N=Nc4cccc(S(=O)(=O)O)c4)c4ccccc34)c3cccc(S(=O)(=O)O)c23)cc1. The molecule has 0 aromatic heterocycles. The minimum atomic E-state index is -4.54. The van der Waals surface area contributed by atoms with Gasteiger partial charge in [-0.1, -0.05) is 54.1 Å². The Morgan fingerprint density at radius 1 is 0.652 bits per heavy atom. The third-order valence-electron chi connectivity index (χ3n) is 7.32. The lowest BCUT2D eigenvalue weighted by atomic mass is 10.1. The Morgan fingerprint density at radius 2 is 1.35 bits per heavy atom. The zero-order chi connectivity index (χ0) is 32.5. The summed E-state index contributed by atoms with van der Waals surface area (Å²) >= 11 is 0. The molecule has 6 aromatic carbocycles. The van der Waals surface area contributed by atoms with Gasteiger partial charge in [-0.2, -0.15) is 21.9 Å². The van der Waals surface area contributed by atoms with E-state index < -0.39 is 20.2 Å². The van der Waals surface area contributed by atoms with Crippen molar-refractivity contribution in [3.63, 3.8) is 0 Å². The predicted octanol–water partition coefficient (Wildman–Crippen LogP) is 7.18. The summed E-state index contributed by atoms with van der Waals surface area (Å²) in [6.07, 6.45) is 0. The molecule has 6 N–H and O–H groups in total. The van der Waals surface area contributed by atoms with Gasteiger partial charge in [0.05, 0.1) is 22.0 Å². The summed E-state index contributed by atoms with van der Waals surface area (Å²) in [6, 6.07) is 32.7. The van der Waals surface area contributed by atoms with Crippen LogP contribution >= 0.6 is 0 Å². The molecular weight excluding hydrogens is 627 g/mol. The van der Waals surface area contributed by atoms with Gasteiger partial charge in [-0.05, 0) is 67.6 Å². The molecule has 0 fully saturated rings. The number of nitrogens with two attached hydrogens (primary N) is 1. The number of nitrogens with one attached hydrogen (secondary N) is 2. The molecule has 0 bridgehead atoms. The fourth-order valence-electron chi connectivity index (χ4n) is 5.10. The first kappa shape index (κ1) is 30.8. The maximum absolute atomic E-state index is 12.4. The lowest BCUT2D eigenvalue weighted by molar-refractivity contribution is -0.536. The number of hydrogen-bond acceptors (Lipinski definition) is 8. The van der Waals surface area contributed by atoms with Crippen LogP contribution in [0.2, 0.25) is 0 Å². The van der Waals surface area contributed by atoms with Crippen molar-refractivity contribution in [2.45, 2.75) is 16.7 Å². The number of aryl methyl sites for hydroxylation is 1. The minimum absolute atomic E-state index is 0.211. The van der Waals surface area contributed by atoms with Crippen molar-refractivity contribution in [3.8, 4) is 0 Å². The van der Waals surface area contributed by atoms with Crippen molar-refractivity contribution in [3.05, 3.63) is 121 Å². The normalized spacial score (nSPS) is 12.2. The van der Waals surface area contributed by atoms with Crippen molar-refractivity contribution in [1.29, 1.82) is 0 Å². The lowest BCUT2D eigenvalue weighted by Gasteiger charge is -2.15. The number of rotatable bonds is 9. The molecule has 0 saturated heterocycles. The first-order valence-electron chi connectivity index (χ1n) is 14.0. The van der Waals surface area contributed by atoms with E-state index in [9.17, 15) is 25.9 Å². The number of hydrogen-bond donors (Lipinski definition) is 5. The number of azo groups is 1. The zero-order valence-electron chi connectivity index (χ0n) is 24.3. The van der Waals surface area contributed by atoms with Crippen LogP contribution in [0.1, 0.15) is 5.56 Å². The quantitative estimate of drug-likeness (QED) is 0.0358. The second kappa shape index (κ2) is 12.3. The molecule has 11 nitrogen and oxygen atoms in total. The number of nitrogen functional groups attached to an aromatic ring is 1. The van der Waals surface area contributed by atoms with Gasteiger partial charge in [0.2, 0.25) is 0 Å². The molecule has 6 aromatic rings. The van der Waals surface area contributed by atoms with Crippen LogP contribution in [0.25, 0.3) is 21.5 Å². The molecule has 0 aliphatic rings. The van der Waals surface area contributed by atoms with Crippen molar-refractivity contribution < 1.29 is 31.4 Å². The monoisotopic (exact) mass is 654 g/mol. The number of nitrogens with zero attached hydrogens (tertiary/aromatic N) is 2. The van der Waals surface area contributed by atoms with Gasteiger partial charge in [-0.3, -0.25) is 9.11 Å². The number of fused-ring (bicyclic) bond motifs is 2. The highest BCUT2D eigenvalue weighted by atomic mass is 32.2. The number of quaternary nitrogens is 1. The van der Waals surface area contributed by atoms with Crippen LogP contribution in [0.5, 0.6) is 0 Å². The Balaban J connectivity index is 1.34. The third-order valence-corrected chi connectivity index (χ3v) is 9.06. The summed E-state index contributed by atoms with van der Waals surface area (Å²) in [6.45, 7) is 1.98. The van der Waals surface area contributed by atoms with E-state index in [1.165, 1.54) is 24.3 Å². The third kappa shape index (κ3) is 6.59. The lowest BCUT2D eigenvalue weighted by Crippen LogP contribution is -2.82. The van der Waals surface area contributed by atoms with Crippen LogP contribution in [0.15, 0.2) is 135 Å². The average molecular weight is 655 g/mol. The highest BCUT2D eigenvalue weighted by Gasteiger charge is 2.20. The van der Waals surface area contributed by atoms with Gasteiger partial charge in [-0.25, -0.2) is 10.9 Å². The number of anilines is 3. The second-order valence-corrected chi connectivity index (χ2v) is 13.3. The zero-order valence-corrected chi connectivity index (χ0v) is 25.9.